The highest BCUT2D eigenvalue weighted by Gasteiger charge is 2.27. The molecule has 1 aromatic rings. The smallest absolute Gasteiger partial charge is 0.124 e. The normalized spacial score (nSPS) is 24.6. The lowest BCUT2D eigenvalue weighted by Gasteiger charge is -2.33. The van der Waals surface area contributed by atoms with Crippen LogP contribution >= 0.6 is 15.9 Å². The maximum atomic E-state index is 13.2. The summed E-state index contributed by atoms with van der Waals surface area (Å²) in [4.78, 5) is 5.21. The standard InChI is InChI=1S/C17H24BrFN2/c18-17-11-15(19)7-6-14(17)12-21-10-4-5-16(21)13-20-8-2-1-3-9-20/h6-7,11,16H,1-5,8-10,12-13H2. The average Bonchev–Trinajstić information content (AvgIpc) is 2.90. The summed E-state index contributed by atoms with van der Waals surface area (Å²) >= 11 is 3.50. The number of rotatable bonds is 4. The topological polar surface area (TPSA) is 6.48 Å². The zero-order valence-corrected chi connectivity index (χ0v) is 14.1. The first-order valence-corrected chi connectivity index (χ1v) is 8.92. The van der Waals surface area contributed by atoms with Crippen molar-refractivity contribution in [1.82, 2.24) is 9.80 Å². The van der Waals surface area contributed by atoms with Gasteiger partial charge >= 0.3 is 0 Å². The van der Waals surface area contributed by atoms with Gasteiger partial charge in [0.25, 0.3) is 0 Å². The summed E-state index contributed by atoms with van der Waals surface area (Å²) in [5.41, 5.74) is 1.20. The molecule has 3 rings (SSSR count). The first-order chi connectivity index (χ1) is 10.2. The molecule has 2 saturated heterocycles. The van der Waals surface area contributed by atoms with Gasteiger partial charge in [0.2, 0.25) is 0 Å². The minimum absolute atomic E-state index is 0.170. The van der Waals surface area contributed by atoms with Crippen LogP contribution < -0.4 is 0 Å². The van der Waals surface area contributed by atoms with Crippen LogP contribution in [0.3, 0.4) is 0 Å². The third-order valence-electron chi connectivity index (χ3n) is 4.81. The van der Waals surface area contributed by atoms with E-state index in [9.17, 15) is 4.39 Å². The average molecular weight is 355 g/mol. The van der Waals surface area contributed by atoms with Gasteiger partial charge in [-0.25, -0.2) is 4.39 Å². The molecule has 21 heavy (non-hydrogen) atoms. The molecule has 1 unspecified atom stereocenters. The van der Waals surface area contributed by atoms with Crippen LogP contribution in [-0.2, 0) is 6.54 Å². The molecule has 4 heteroatoms. The fraction of sp³-hybridized carbons (Fsp3) is 0.647. The van der Waals surface area contributed by atoms with Crippen LogP contribution in [0.4, 0.5) is 4.39 Å². The van der Waals surface area contributed by atoms with E-state index in [2.05, 4.69) is 25.7 Å². The first kappa shape index (κ1) is 15.4. The third kappa shape index (κ3) is 4.05. The van der Waals surface area contributed by atoms with E-state index in [1.807, 2.05) is 6.07 Å². The van der Waals surface area contributed by atoms with Gasteiger partial charge in [-0.1, -0.05) is 28.4 Å². The Labute approximate surface area is 135 Å². The van der Waals surface area contributed by atoms with Crippen molar-refractivity contribution in [3.8, 4) is 0 Å². The van der Waals surface area contributed by atoms with Gasteiger partial charge in [-0.2, -0.15) is 0 Å². The van der Waals surface area contributed by atoms with E-state index in [-0.39, 0.29) is 5.82 Å². The van der Waals surface area contributed by atoms with Crippen LogP contribution in [0.2, 0.25) is 0 Å². The number of benzene rings is 1. The van der Waals surface area contributed by atoms with Crippen molar-refractivity contribution < 1.29 is 4.39 Å². The van der Waals surface area contributed by atoms with Crippen molar-refractivity contribution in [2.45, 2.75) is 44.7 Å². The van der Waals surface area contributed by atoms with Crippen LogP contribution in [0.15, 0.2) is 22.7 Å². The Hall–Kier alpha value is -0.450. The Morgan fingerprint density at radius 2 is 1.90 bits per heavy atom. The quantitative estimate of drug-likeness (QED) is 0.804. The van der Waals surface area contributed by atoms with Gasteiger partial charge in [0.15, 0.2) is 0 Å². The second-order valence-corrected chi connectivity index (χ2v) is 7.22. The van der Waals surface area contributed by atoms with E-state index in [0.717, 1.165) is 11.0 Å². The summed E-state index contributed by atoms with van der Waals surface area (Å²) in [6.07, 6.45) is 6.70. The van der Waals surface area contributed by atoms with Crippen molar-refractivity contribution in [3.63, 3.8) is 0 Å². The lowest BCUT2D eigenvalue weighted by molar-refractivity contribution is 0.149. The summed E-state index contributed by atoms with van der Waals surface area (Å²) in [6.45, 7) is 5.84. The molecule has 0 aliphatic carbocycles. The molecule has 2 nitrogen and oxygen atoms in total. The summed E-state index contributed by atoms with van der Waals surface area (Å²) in [5.74, 6) is -0.170. The first-order valence-electron chi connectivity index (χ1n) is 8.13. The Bertz CT molecular complexity index is 474. The second kappa shape index (κ2) is 7.21. The molecule has 1 aromatic carbocycles. The van der Waals surface area contributed by atoms with E-state index >= 15 is 0 Å². The fourth-order valence-electron chi connectivity index (χ4n) is 3.62. The number of hydrogen-bond donors (Lipinski definition) is 0. The van der Waals surface area contributed by atoms with Crippen molar-refractivity contribution in [2.75, 3.05) is 26.2 Å². The molecule has 0 saturated carbocycles. The lowest BCUT2D eigenvalue weighted by Crippen LogP contribution is -2.42. The molecule has 1 atom stereocenters. The van der Waals surface area contributed by atoms with Gasteiger partial charge in [0.1, 0.15) is 5.82 Å². The van der Waals surface area contributed by atoms with Crippen molar-refractivity contribution >= 4 is 15.9 Å². The van der Waals surface area contributed by atoms with Crippen LogP contribution in [0.25, 0.3) is 0 Å². The minimum Gasteiger partial charge on any atom is -0.302 e. The Morgan fingerprint density at radius 3 is 2.67 bits per heavy atom. The molecule has 2 aliphatic rings. The van der Waals surface area contributed by atoms with E-state index in [0.29, 0.717) is 6.04 Å². The SMILES string of the molecule is Fc1ccc(CN2CCCC2CN2CCCCC2)c(Br)c1. The highest BCUT2D eigenvalue weighted by molar-refractivity contribution is 9.10. The zero-order chi connectivity index (χ0) is 14.7. The largest absolute Gasteiger partial charge is 0.302 e. The van der Waals surface area contributed by atoms with Gasteiger partial charge < -0.3 is 4.90 Å². The molecule has 2 aliphatic heterocycles. The van der Waals surface area contributed by atoms with Crippen LogP contribution in [0.5, 0.6) is 0 Å². The zero-order valence-electron chi connectivity index (χ0n) is 12.5. The summed E-state index contributed by atoms with van der Waals surface area (Å²) in [7, 11) is 0. The van der Waals surface area contributed by atoms with Crippen molar-refractivity contribution in [2.24, 2.45) is 0 Å². The Morgan fingerprint density at radius 1 is 1.10 bits per heavy atom. The maximum Gasteiger partial charge on any atom is 0.124 e. The highest BCUT2D eigenvalue weighted by atomic mass is 79.9. The Kier molecular flexibility index (Phi) is 5.30. The summed E-state index contributed by atoms with van der Waals surface area (Å²) in [6, 6.07) is 5.72. The molecule has 0 bridgehead atoms. The van der Waals surface area contributed by atoms with E-state index in [1.165, 1.54) is 63.8 Å². The van der Waals surface area contributed by atoms with Crippen LogP contribution in [0.1, 0.15) is 37.7 Å². The predicted molar refractivity (Wildman–Crippen MR) is 87.8 cm³/mol. The molecule has 2 heterocycles. The molecular formula is C17H24BrFN2. The molecular weight excluding hydrogens is 331 g/mol. The van der Waals surface area contributed by atoms with Crippen molar-refractivity contribution in [3.05, 3.63) is 34.1 Å². The number of halogens is 2. The van der Waals surface area contributed by atoms with Gasteiger partial charge in [0.05, 0.1) is 0 Å². The number of piperidine rings is 1. The third-order valence-corrected chi connectivity index (χ3v) is 5.54. The highest BCUT2D eigenvalue weighted by Crippen LogP contribution is 2.25. The van der Waals surface area contributed by atoms with Crippen LogP contribution in [-0.4, -0.2) is 42.0 Å². The molecule has 0 radical (unpaired) electrons. The summed E-state index contributed by atoms with van der Waals surface area (Å²) in [5, 5.41) is 0. The van der Waals surface area contributed by atoms with Crippen LogP contribution in [0, 0.1) is 5.82 Å². The number of likely N-dealkylation sites (tertiary alicyclic amines) is 2. The molecule has 0 N–H and O–H groups in total. The summed E-state index contributed by atoms with van der Waals surface area (Å²) < 4.78 is 14.1. The molecule has 0 aromatic heterocycles. The number of nitrogens with zero attached hydrogens (tertiary/aromatic N) is 2. The van der Waals surface area contributed by atoms with Crippen molar-refractivity contribution in [1.29, 1.82) is 0 Å². The monoisotopic (exact) mass is 354 g/mol. The van der Waals surface area contributed by atoms with E-state index in [4.69, 9.17) is 0 Å². The van der Waals surface area contributed by atoms with E-state index in [1.54, 1.807) is 12.1 Å². The predicted octanol–water partition coefficient (Wildman–Crippen LogP) is 4.04. The maximum absolute atomic E-state index is 13.2. The van der Waals surface area contributed by atoms with Gasteiger partial charge in [-0.15, -0.1) is 0 Å². The fourth-order valence-corrected chi connectivity index (χ4v) is 4.10. The molecule has 0 amide bonds. The Balaban J connectivity index is 1.60. The van der Waals surface area contributed by atoms with Gasteiger partial charge in [-0.3, -0.25) is 4.90 Å². The number of hydrogen-bond acceptors (Lipinski definition) is 2. The van der Waals surface area contributed by atoms with Gasteiger partial charge in [-0.05, 0) is 63.0 Å². The molecule has 116 valence electrons. The lowest BCUT2D eigenvalue weighted by atomic mass is 10.1. The second-order valence-electron chi connectivity index (χ2n) is 6.36. The minimum atomic E-state index is -0.170. The van der Waals surface area contributed by atoms with Gasteiger partial charge in [0, 0.05) is 23.6 Å². The van der Waals surface area contributed by atoms with E-state index < -0.39 is 0 Å². The molecule has 2 fully saturated rings. The molecule has 0 spiro atoms.